The number of hydrogen-bond donors (Lipinski definition) is 2. The summed E-state index contributed by atoms with van der Waals surface area (Å²) in [5.74, 6) is 0. The number of anilines is 2. The van der Waals surface area contributed by atoms with Gasteiger partial charge >= 0.3 is 0 Å². The third-order valence-corrected chi connectivity index (χ3v) is 7.93. The summed E-state index contributed by atoms with van der Waals surface area (Å²) in [7, 11) is 1.64. The Kier molecular flexibility index (Phi) is 8.74. The van der Waals surface area contributed by atoms with Crippen molar-refractivity contribution in [3.8, 4) is 6.07 Å². The van der Waals surface area contributed by atoms with Crippen molar-refractivity contribution in [2.45, 2.75) is 51.2 Å². The van der Waals surface area contributed by atoms with E-state index in [1.165, 1.54) is 0 Å². The second kappa shape index (κ2) is 12.4. The van der Waals surface area contributed by atoms with Gasteiger partial charge in [0.05, 0.1) is 47.3 Å². The molecular formula is C31H37ClN8O. The van der Waals surface area contributed by atoms with Crippen LogP contribution in [0.1, 0.15) is 62.5 Å². The van der Waals surface area contributed by atoms with Gasteiger partial charge in [0.25, 0.3) is 0 Å². The lowest BCUT2D eigenvalue weighted by molar-refractivity contribution is 0.0866. The Morgan fingerprint density at radius 2 is 1.93 bits per heavy atom. The van der Waals surface area contributed by atoms with E-state index in [2.05, 4.69) is 76.0 Å². The van der Waals surface area contributed by atoms with E-state index in [0.717, 1.165) is 48.3 Å². The van der Waals surface area contributed by atoms with Gasteiger partial charge in [-0.1, -0.05) is 47.1 Å². The molecule has 10 heteroatoms. The van der Waals surface area contributed by atoms with Crippen molar-refractivity contribution < 1.29 is 4.74 Å². The summed E-state index contributed by atoms with van der Waals surface area (Å²) in [5, 5.41) is 27.3. The van der Waals surface area contributed by atoms with E-state index >= 15 is 0 Å². The molecule has 214 valence electrons. The van der Waals surface area contributed by atoms with Crippen LogP contribution in [0.25, 0.3) is 10.9 Å². The molecule has 0 radical (unpaired) electrons. The Morgan fingerprint density at radius 3 is 2.61 bits per heavy atom. The summed E-state index contributed by atoms with van der Waals surface area (Å²) in [6, 6.07) is 16.1. The fraction of sp³-hybridized carbons (Fsp3) is 0.419. The zero-order valence-corrected chi connectivity index (χ0v) is 24.8. The van der Waals surface area contributed by atoms with Crippen LogP contribution < -0.4 is 10.6 Å². The maximum Gasteiger partial charge on any atom is 0.109 e. The standard InChI is InChI=1S/C31H37ClN8O/c1-31(2,3)39-13-10-24(11-14-39)40-20-27(37-38-40)29(21-8-6-5-7-9-21)36-26-17-23(32)16-25-28(34-12-15-41-4)22(18-33)19-35-30(25)26/h5-9,16-17,19-20,24,29,36H,10-15H2,1-4H3,(H,34,35)/t29-/m0/s1. The van der Waals surface area contributed by atoms with Gasteiger partial charge in [-0.2, -0.15) is 5.26 Å². The Morgan fingerprint density at radius 1 is 1.17 bits per heavy atom. The summed E-state index contributed by atoms with van der Waals surface area (Å²) in [5.41, 5.74) is 4.61. The van der Waals surface area contributed by atoms with Gasteiger partial charge in [-0.05, 0) is 51.3 Å². The predicted molar refractivity (Wildman–Crippen MR) is 163 cm³/mol. The second-order valence-corrected chi connectivity index (χ2v) is 11.9. The molecule has 0 amide bonds. The molecule has 2 aromatic carbocycles. The molecule has 2 N–H and O–H groups in total. The zero-order valence-electron chi connectivity index (χ0n) is 24.1. The number of hydrogen-bond acceptors (Lipinski definition) is 8. The van der Waals surface area contributed by atoms with E-state index in [9.17, 15) is 5.26 Å². The molecule has 3 heterocycles. The first kappa shape index (κ1) is 28.8. The molecule has 0 saturated carbocycles. The highest BCUT2D eigenvalue weighted by Gasteiger charge is 2.29. The molecule has 0 aliphatic carbocycles. The Bertz CT molecular complexity index is 1520. The normalized spacial score (nSPS) is 15.5. The van der Waals surface area contributed by atoms with E-state index < -0.39 is 0 Å². The second-order valence-electron chi connectivity index (χ2n) is 11.4. The molecule has 41 heavy (non-hydrogen) atoms. The molecule has 2 aromatic heterocycles. The largest absolute Gasteiger partial charge is 0.383 e. The van der Waals surface area contributed by atoms with Crippen LogP contribution in [0, 0.1) is 11.3 Å². The van der Waals surface area contributed by atoms with Gasteiger partial charge in [0.2, 0.25) is 0 Å². The highest BCUT2D eigenvalue weighted by atomic mass is 35.5. The molecule has 5 rings (SSSR count). The van der Waals surface area contributed by atoms with E-state index in [1.807, 2.05) is 35.0 Å². The van der Waals surface area contributed by atoms with Crippen LogP contribution in [0.2, 0.25) is 5.02 Å². The highest BCUT2D eigenvalue weighted by Crippen LogP contribution is 2.36. The van der Waals surface area contributed by atoms with E-state index in [-0.39, 0.29) is 11.6 Å². The van der Waals surface area contributed by atoms with Crippen LogP contribution in [0.5, 0.6) is 0 Å². The van der Waals surface area contributed by atoms with Crippen molar-refractivity contribution in [1.82, 2.24) is 24.9 Å². The number of likely N-dealkylation sites (tertiary alicyclic amines) is 1. The molecule has 1 aliphatic rings. The highest BCUT2D eigenvalue weighted by molar-refractivity contribution is 6.32. The van der Waals surface area contributed by atoms with Gasteiger partial charge in [-0.15, -0.1) is 5.10 Å². The quantitative estimate of drug-likeness (QED) is 0.234. The maximum absolute atomic E-state index is 9.75. The smallest absolute Gasteiger partial charge is 0.109 e. The van der Waals surface area contributed by atoms with Gasteiger partial charge in [-0.25, -0.2) is 4.68 Å². The molecule has 0 bridgehead atoms. The molecule has 9 nitrogen and oxygen atoms in total. The molecule has 1 atom stereocenters. The van der Waals surface area contributed by atoms with Crippen molar-refractivity contribution >= 4 is 33.9 Å². The number of fused-ring (bicyclic) bond motifs is 1. The molecule has 4 aromatic rings. The molecule has 1 saturated heterocycles. The summed E-state index contributed by atoms with van der Waals surface area (Å²) < 4.78 is 7.22. The van der Waals surface area contributed by atoms with Crippen LogP contribution in [0.15, 0.2) is 54.9 Å². The van der Waals surface area contributed by atoms with Crippen molar-refractivity contribution in [3.63, 3.8) is 0 Å². The number of nitrogens with zero attached hydrogens (tertiary/aromatic N) is 6. The number of nitrogens with one attached hydrogen (secondary N) is 2. The number of pyridine rings is 1. The lowest BCUT2D eigenvalue weighted by Gasteiger charge is -2.40. The van der Waals surface area contributed by atoms with Gasteiger partial charge in [0.15, 0.2) is 0 Å². The van der Waals surface area contributed by atoms with E-state index in [1.54, 1.807) is 13.3 Å². The summed E-state index contributed by atoms with van der Waals surface area (Å²) in [4.78, 5) is 7.20. The Labute approximate surface area is 246 Å². The predicted octanol–water partition coefficient (Wildman–Crippen LogP) is 6.05. The van der Waals surface area contributed by atoms with Crippen LogP contribution in [-0.4, -0.2) is 63.8 Å². The van der Waals surface area contributed by atoms with Gasteiger partial charge in [-0.3, -0.25) is 9.88 Å². The maximum atomic E-state index is 9.75. The van der Waals surface area contributed by atoms with Crippen molar-refractivity contribution in [2.75, 3.05) is 44.0 Å². The average Bonchev–Trinajstić information content (AvgIpc) is 3.46. The van der Waals surface area contributed by atoms with Crippen molar-refractivity contribution in [2.24, 2.45) is 0 Å². The summed E-state index contributed by atoms with van der Waals surface area (Å²) in [6.45, 7) is 9.93. The van der Waals surface area contributed by atoms with Crippen molar-refractivity contribution in [3.05, 3.63) is 76.7 Å². The van der Waals surface area contributed by atoms with Gasteiger partial charge in [0, 0.05) is 48.9 Å². The number of nitriles is 1. The number of rotatable bonds is 9. The lowest BCUT2D eigenvalue weighted by Crippen LogP contribution is -2.46. The zero-order chi connectivity index (χ0) is 29.0. The molecular weight excluding hydrogens is 536 g/mol. The summed E-state index contributed by atoms with van der Waals surface area (Å²) in [6.07, 6.45) is 5.72. The van der Waals surface area contributed by atoms with Crippen molar-refractivity contribution in [1.29, 1.82) is 5.26 Å². The minimum absolute atomic E-state index is 0.168. The Balaban J connectivity index is 1.49. The topological polar surface area (TPSA) is 104 Å². The van der Waals surface area contributed by atoms with Gasteiger partial charge in [0.1, 0.15) is 11.8 Å². The molecule has 1 fully saturated rings. The number of ether oxygens (including phenoxy) is 1. The van der Waals surface area contributed by atoms with Crippen LogP contribution in [0.4, 0.5) is 11.4 Å². The number of methoxy groups -OCH3 is 1. The SMILES string of the molecule is COCCNc1c(C#N)cnc2c(N[C@@H](c3ccccc3)c3cn(C4CCN(C(C)(C)C)CC4)nn3)cc(Cl)cc12. The minimum Gasteiger partial charge on any atom is -0.383 e. The molecule has 1 aliphatic heterocycles. The van der Waals surface area contributed by atoms with E-state index in [4.69, 9.17) is 16.3 Å². The first-order chi connectivity index (χ1) is 19.8. The number of halogens is 1. The fourth-order valence-electron chi connectivity index (χ4n) is 5.46. The first-order valence-corrected chi connectivity index (χ1v) is 14.4. The number of aromatic nitrogens is 4. The third kappa shape index (κ3) is 6.46. The lowest BCUT2D eigenvalue weighted by atomic mass is 9.98. The number of piperidine rings is 1. The average molecular weight is 573 g/mol. The third-order valence-electron chi connectivity index (χ3n) is 7.71. The minimum atomic E-state index is -0.288. The van der Waals surface area contributed by atoms with Crippen LogP contribution in [0.3, 0.4) is 0 Å². The monoisotopic (exact) mass is 572 g/mol. The summed E-state index contributed by atoms with van der Waals surface area (Å²) >= 11 is 6.64. The Hall–Kier alpha value is -3.71. The van der Waals surface area contributed by atoms with E-state index in [0.29, 0.717) is 41.0 Å². The first-order valence-electron chi connectivity index (χ1n) is 14.0. The van der Waals surface area contributed by atoms with Crippen LogP contribution >= 0.6 is 11.6 Å². The number of benzene rings is 2. The van der Waals surface area contributed by atoms with Gasteiger partial charge < -0.3 is 15.4 Å². The molecule has 0 spiro atoms. The van der Waals surface area contributed by atoms with Crippen LogP contribution in [-0.2, 0) is 4.74 Å². The molecule has 0 unspecified atom stereocenters. The fourth-order valence-corrected chi connectivity index (χ4v) is 5.68.